The number of nitrogens with one attached hydrogen (secondary N) is 4. The number of nitrogens with two attached hydrogens (primary N) is 2. The monoisotopic (exact) mass is 958 g/mol. The van der Waals surface area contributed by atoms with E-state index in [1.807, 2.05) is 12.1 Å². The number of unbranched alkanes of at least 4 members (excludes halogenated alkanes) is 1. The lowest BCUT2D eigenvalue weighted by molar-refractivity contribution is -0.142. The van der Waals surface area contributed by atoms with Gasteiger partial charge in [-0.05, 0) is 110 Å². The van der Waals surface area contributed by atoms with E-state index in [1.165, 1.54) is 57.3 Å². The van der Waals surface area contributed by atoms with Crippen LogP contribution in [0.4, 0.5) is 8.78 Å². The molecule has 20 heteroatoms. The molecule has 2 aliphatic heterocycles. The predicted molar refractivity (Wildman–Crippen MR) is 247 cm³/mol. The van der Waals surface area contributed by atoms with Gasteiger partial charge in [-0.15, -0.1) is 0 Å². The molecule has 1 fully saturated rings. The minimum absolute atomic E-state index is 0.0242. The maximum Gasteiger partial charge on any atom is 0.267 e. The summed E-state index contributed by atoms with van der Waals surface area (Å²) in [6.45, 7) is 1.74. The second kappa shape index (κ2) is 21.2. The molecule has 68 heavy (non-hydrogen) atoms. The summed E-state index contributed by atoms with van der Waals surface area (Å²) in [5, 5.41) is 33.3. The van der Waals surface area contributed by atoms with E-state index in [0.29, 0.717) is 34.9 Å². The third-order valence-corrected chi connectivity index (χ3v) is 12.2. The number of aromatic hydroxyl groups is 2. The number of phenolic OH excluding ortho intramolecular Hbond substituents is 2. The van der Waals surface area contributed by atoms with Gasteiger partial charge in [-0.1, -0.05) is 48.0 Å². The van der Waals surface area contributed by atoms with Gasteiger partial charge in [0.05, 0.1) is 6.54 Å². The van der Waals surface area contributed by atoms with Crippen LogP contribution < -0.4 is 32.7 Å². The molecule has 10 N–H and O–H groups in total. The molecular weight excluding hydrogens is 906 g/mol. The molecule has 0 radical (unpaired) electrons. The van der Waals surface area contributed by atoms with Crippen molar-refractivity contribution < 1.29 is 52.6 Å². The number of primary amides is 1. The summed E-state index contributed by atoms with van der Waals surface area (Å²) in [4.78, 5) is 97.6. The van der Waals surface area contributed by atoms with E-state index < -0.39 is 96.5 Å². The number of hydrogen-bond donors (Lipinski definition) is 8. The molecule has 6 atom stereocenters. The van der Waals surface area contributed by atoms with Crippen molar-refractivity contribution >= 4 is 53.0 Å². The number of hydrogen-bond acceptors (Lipinski definition) is 10. The van der Waals surface area contributed by atoms with Crippen molar-refractivity contribution in [1.82, 2.24) is 31.1 Å². The Morgan fingerprint density at radius 2 is 1.50 bits per heavy atom. The Balaban J connectivity index is 1.29. The summed E-state index contributed by atoms with van der Waals surface area (Å²) in [6, 6.07) is 13.4. The lowest BCUT2D eigenvalue weighted by Crippen LogP contribution is -2.58. The molecule has 6 unspecified atom stereocenters. The van der Waals surface area contributed by atoms with Crippen LogP contribution in [-0.2, 0) is 35.2 Å². The van der Waals surface area contributed by atoms with Gasteiger partial charge in [-0.25, -0.2) is 8.78 Å². The fourth-order valence-corrected chi connectivity index (χ4v) is 8.39. The Morgan fingerprint density at radius 1 is 0.882 bits per heavy atom. The van der Waals surface area contributed by atoms with Gasteiger partial charge in [0.2, 0.25) is 35.4 Å². The molecule has 17 nitrogen and oxygen atoms in total. The number of rotatable bonds is 13. The van der Waals surface area contributed by atoms with E-state index in [-0.39, 0.29) is 46.6 Å². The number of amides is 7. The highest BCUT2D eigenvalue weighted by Gasteiger charge is 2.50. The van der Waals surface area contributed by atoms with Crippen LogP contribution in [-0.4, -0.2) is 118 Å². The Labute approximate surface area is 395 Å². The molecule has 4 aromatic rings. The van der Waals surface area contributed by atoms with E-state index in [0.717, 1.165) is 16.0 Å². The van der Waals surface area contributed by atoms with Gasteiger partial charge in [-0.3, -0.25) is 33.6 Å². The van der Waals surface area contributed by atoms with Crippen LogP contribution >= 0.6 is 11.6 Å². The highest BCUT2D eigenvalue weighted by molar-refractivity contribution is 6.30. The normalized spacial score (nSPS) is 19.9. The highest BCUT2D eigenvalue weighted by Crippen LogP contribution is 2.39. The molecule has 2 heterocycles. The summed E-state index contributed by atoms with van der Waals surface area (Å²) in [7, 11) is 1.34. The van der Waals surface area contributed by atoms with Gasteiger partial charge in [0.1, 0.15) is 47.8 Å². The number of phenols is 2. The molecule has 2 aliphatic rings. The SMILES string of the molecule is CC1NC(=O)C(N(C)C(=O)C(CCCCN)NC(=O)c2ccc(-c3ccc(Cl)cc3)cc2)c2ccc(O)c(c2)-c2cc(ccc2O)CC(C(=O)NC(C)C(=O)N2CC(F)(F)CC2C(N)=O)NC1=O. The van der Waals surface area contributed by atoms with Crippen LogP contribution in [0.3, 0.4) is 0 Å². The summed E-state index contributed by atoms with van der Waals surface area (Å²) >= 11 is 6.04. The van der Waals surface area contributed by atoms with Crippen molar-refractivity contribution in [3.8, 4) is 33.8 Å². The Hall–Kier alpha value is -7.12. The third kappa shape index (κ3) is 11.7. The molecule has 7 amide bonds. The largest absolute Gasteiger partial charge is 0.507 e. The molecule has 0 spiro atoms. The van der Waals surface area contributed by atoms with Crippen LogP contribution in [0.2, 0.25) is 5.02 Å². The molecule has 4 aromatic carbocycles. The van der Waals surface area contributed by atoms with Crippen molar-refractivity contribution in [1.29, 1.82) is 0 Å². The van der Waals surface area contributed by atoms with Crippen LogP contribution in [0.15, 0.2) is 84.9 Å². The number of halogens is 3. The number of alkyl halides is 2. The van der Waals surface area contributed by atoms with E-state index in [4.69, 9.17) is 23.1 Å². The van der Waals surface area contributed by atoms with Gasteiger partial charge in [-0.2, -0.15) is 0 Å². The molecule has 360 valence electrons. The maximum absolute atomic E-state index is 14.6. The fraction of sp³-hybridized carbons (Fsp3) is 0.354. The van der Waals surface area contributed by atoms with Crippen molar-refractivity contribution in [3.63, 3.8) is 0 Å². The van der Waals surface area contributed by atoms with E-state index in [9.17, 15) is 52.6 Å². The first-order valence-corrected chi connectivity index (χ1v) is 22.2. The van der Waals surface area contributed by atoms with E-state index in [2.05, 4.69) is 21.3 Å². The first kappa shape index (κ1) is 50.3. The third-order valence-electron chi connectivity index (χ3n) is 12.0. The summed E-state index contributed by atoms with van der Waals surface area (Å²) in [5.41, 5.74) is 13.6. The van der Waals surface area contributed by atoms with Crippen molar-refractivity contribution in [2.75, 3.05) is 20.1 Å². The molecule has 0 saturated carbocycles. The number of carbonyl (C=O) groups is 7. The first-order valence-electron chi connectivity index (χ1n) is 21.9. The molecule has 4 bridgehead atoms. The Morgan fingerprint density at radius 3 is 2.13 bits per heavy atom. The lowest BCUT2D eigenvalue weighted by atomic mass is 9.93. The molecular formula is C48H53ClF2N8O9. The smallest absolute Gasteiger partial charge is 0.267 e. The van der Waals surface area contributed by atoms with E-state index >= 15 is 0 Å². The number of benzene rings is 4. The Bertz CT molecular complexity index is 2580. The Kier molecular flexibility index (Phi) is 15.7. The standard InChI is InChI=1S/C48H53ClF2N8O9/c1-25-42(63)57-36(44(65)55-26(2)46(67)59-24-48(50,51)23-37(59)41(53)62)21-27-7-17-38(60)33(20-27)34-22-31(14-18-39(34)61)40(45(66)54-25)58(3)47(68)35(6-4-5-19-52)56-43(64)30-10-8-28(9-11-30)29-12-15-32(49)16-13-29/h7-18,20,22,25-26,35-37,40,60-61H,4-6,19,21,23-24,52H2,1-3H3,(H2,53,62)(H,54,66)(H,55,65)(H,56,64)(H,57,63). The van der Waals surface area contributed by atoms with Gasteiger partial charge in [0.15, 0.2) is 0 Å². The lowest BCUT2D eigenvalue weighted by Gasteiger charge is -2.32. The van der Waals surface area contributed by atoms with Crippen LogP contribution in [0.5, 0.6) is 11.5 Å². The molecule has 0 aliphatic carbocycles. The van der Waals surface area contributed by atoms with Crippen molar-refractivity contribution in [2.45, 2.75) is 88.1 Å². The minimum Gasteiger partial charge on any atom is -0.507 e. The van der Waals surface area contributed by atoms with Gasteiger partial charge >= 0.3 is 0 Å². The van der Waals surface area contributed by atoms with Crippen LogP contribution in [0.1, 0.15) is 67.1 Å². The number of likely N-dealkylation sites (tertiary alicyclic amines) is 1. The van der Waals surface area contributed by atoms with Crippen molar-refractivity contribution in [2.24, 2.45) is 11.5 Å². The summed E-state index contributed by atoms with van der Waals surface area (Å²) in [5.74, 6) is -10.2. The molecule has 1 saturated heterocycles. The molecule has 0 aromatic heterocycles. The van der Waals surface area contributed by atoms with Gasteiger partial charge in [0, 0.05) is 41.6 Å². The quantitative estimate of drug-likeness (QED) is 0.0907. The molecule has 6 rings (SSSR count). The average Bonchev–Trinajstić information content (AvgIpc) is 3.64. The van der Waals surface area contributed by atoms with Crippen LogP contribution in [0, 0.1) is 0 Å². The minimum atomic E-state index is -3.40. The second-order valence-corrected chi connectivity index (χ2v) is 17.5. The topological polar surface area (TPSA) is 267 Å². The zero-order valence-electron chi connectivity index (χ0n) is 37.4. The number of carbonyl (C=O) groups excluding carboxylic acids is 7. The average molecular weight is 959 g/mol. The highest BCUT2D eigenvalue weighted by atomic mass is 35.5. The predicted octanol–water partition coefficient (Wildman–Crippen LogP) is 3.28. The number of likely N-dealkylation sites (N-methyl/N-ethyl adjacent to an activating group) is 1. The number of fused-ring (bicyclic) bond motifs is 5. The number of nitrogens with zero attached hydrogens (tertiary/aromatic N) is 2. The first-order chi connectivity index (χ1) is 32.2. The van der Waals surface area contributed by atoms with Crippen LogP contribution in [0.25, 0.3) is 22.3 Å². The zero-order chi connectivity index (χ0) is 49.6. The van der Waals surface area contributed by atoms with Crippen molar-refractivity contribution in [3.05, 3.63) is 107 Å². The summed E-state index contributed by atoms with van der Waals surface area (Å²) in [6.07, 6.45) is -0.193. The van der Waals surface area contributed by atoms with Gasteiger partial charge in [0.25, 0.3) is 11.8 Å². The van der Waals surface area contributed by atoms with E-state index in [1.54, 1.807) is 36.4 Å². The zero-order valence-corrected chi connectivity index (χ0v) is 38.2. The second-order valence-electron chi connectivity index (χ2n) is 17.0. The maximum atomic E-state index is 14.6. The summed E-state index contributed by atoms with van der Waals surface area (Å²) < 4.78 is 28.6. The van der Waals surface area contributed by atoms with Gasteiger partial charge < -0.3 is 52.7 Å². The fourth-order valence-electron chi connectivity index (χ4n) is 8.26.